The highest BCUT2D eigenvalue weighted by Gasteiger charge is 2.52. The van der Waals surface area contributed by atoms with Crippen molar-refractivity contribution in [2.45, 2.75) is 30.3 Å². The summed E-state index contributed by atoms with van der Waals surface area (Å²) in [6.07, 6.45) is 1.34. The van der Waals surface area contributed by atoms with Crippen molar-refractivity contribution in [3.8, 4) is 22.4 Å². The predicted octanol–water partition coefficient (Wildman–Crippen LogP) is 5.34. The SMILES string of the molecule is Cn1nc(C(F)(F)C(C)(C)O)c2c1-c1ccc(-c3cccc([SH](=O)=O)c3)cc1N(/C(=C\N)c1ccc(Cl)cc1)N2. The first-order valence-corrected chi connectivity index (χ1v) is 13.7. The van der Waals surface area contributed by atoms with Crippen LogP contribution in [0.15, 0.2) is 77.8 Å². The number of aromatic nitrogens is 2. The average Bonchev–Trinajstić information content (AvgIpc) is 3.26. The van der Waals surface area contributed by atoms with Gasteiger partial charge in [-0.3, -0.25) is 15.1 Å². The van der Waals surface area contributed by atoms with E-state index in [0.717, 1.165) is 13.8 Å². The fraction of sp³-hybridized carbons (Fsp3) is 0.179. The van der Waals surface area contributed by atoms with Gasteiger partial charge in [-0.2, -0.15) is 13.9 Å². The molecule has 0 saturated carbocycles. The third-order valence-electron chi connectivity index (χ3n) is 6.76. The number of aryl methyl sites for hydroxylation is 1. The number of anilines is 2. The number of fused-ring (bicyclic) bond motifs is 3. The fourth-order valence-corrected chi connectivity index (χ4v) is 5.20. The fourth-order valence-electron chi connectivity index (χ4n) is 4.63. The molecule has 0 saturated heterocycles. The maximum atomic E-state index is 15.5. The second-order valence-corrected chi connectivity index (χ2v) is 11.3. The lowest BCUT2D eigenvalue weighted by molar-refractivity contribution is -0.170. The molecule has 0 unspecified atom stereocenters. The van der Waals surface area contributed by atoms with Gasteiger partial charge in [-0.05, 0) is 61.4 Å². The second kappa shape index (κ2) is 9.92. The van der Waals surface area contributed by atoms with Gasteiger partial charge in [0.2, 0.25) is 0 Å². The van der Waals surface area contributed by atoms with Gasteiger partial charge >= 0.3 is 5.92 Å². The van der Waals surface area contributed by atoms with Gasteiger partial charge in [0.1, 0.15) is 11.3 Å². The topological polar surface area (TPSA) is 113 Å². The van der Waals surface area contributed by atoms with E-state index < -0.39 is 27.9 Å². The smallest absolute Gasteiger partial charge is 0.321 e. The van der Waals surface area contributed by atoms with Gasteiger partial charge in [-0.25, -0.2) is 8.42 Å². The van der Waals surface area contributed by atoms with Crippen LogP contribution in [0, 0.1) is 0 Å². The molecular weight excluding hydrogens is 560 g/mol. The largest absolute Gasteiger partial charge is 0.403 e. The summed E-state index contributed by atoms with van der Waals surface area (Å²) in [5.74, 6) is -3.71. The Bertz CT molecular complexity index is 1720. The van der Waals surface area contributed by atoms with Crippen molar-refractivity contribution in [2.24, 2.45) is 12.8 Å². The van der Waals surface area contributed by atoms with E-state index in [2.05, 4.69) is 10.5 Å². The lowest BCUT2D eigenvalue weighted by atomic mass is 9.94. The summed E-state index contributed by atoms with van der Waals surface area (Å²) in [5, 5.41) is 16.5. The van der Waals surface area contributed by atoms with Gasteiger partial charge in [0, 0.05) is 29.4 Å². The molecule has 0 spiro atoms. The molecule has 2 heterocycles. The van der Waals surface area contributed by atoms with Gasteiger partial charge in [0.15, 0.2) is 16.4 Å². The summed E-state index contributed by atoms with van der Waals surface area (Å²) in [5.41, 5.74) is 10.0. The summed E-state index contributed by atoms with van der Waals surface area (Å²) in [6, 6.07) is 18.7. The number of alkyl halides is 2. The van der Waals surface area contributed by atoms with Gasteiger partial charge in [0.05, 0.1) is 22.0 Å². The number of thiol groups is 1. The molecule has 0 radical (unpaired) electrons. The van der Waals surface area contributed by atoms with E-state index in [-0.39, 0.29) is 10.6 Å². The Morgan fingerprint density at radius 1 is 1.07 bits per heavy atom. The molecule has 1 aromatic heterocycles. The first-order chi connectivity index (χ1) is 18.8. The van der Waals surface area contributed by atoms with Gasteiger partial charge in [-0.1, -0.05) is 41.9 Å². The quantitative estimate of drug-likeness (QED) is 0.226. The summed E-state index contributed by atoms with van der Waals surface area (Å²) >= 11 is 6.09. The van der Waals surface area contributed by atoms with Crippen LogP contribution >= 0.6 is 11.6 Å². The monoisotopic (exact) mass is 585 g/mol. The third-order valence-corrected chi connectivity index (χ3v) is 7.71. The molecule has 0 atom stereocenters. The molecule has 40 heavy (non-hydrogen) atoms. The molecule has 8 nitrogen and oxygen atoms in total. The van der Waals surface area contributed by atoms with Crippen molar-refractivity contribution in [2.75, 3.05) is 10.4 Å². The van der Waals surface area contributed by atoms with Gasteiger partial charge in [0.25, 0.3) is 0 Å². The van der Waals surface area contributed by atoms with Crippen LogP contribution in [0.1, 0.15) is 25.1 Å². The molecular formula is C28H26ClF2N5O3S. The van der Waals surface area contributed by atoms with Crippen molar-refractivity contribution in [3.05, 3.63) is 89.2 Å². The Labute approximate surface area is 236 Å². The molecule has 208 valence electrons. The maximum Gasteiger partial charge on any atom is 0.321 e. The number of benzene rings is 3. The summed E-state index contributed by atoms with van der Waals surface area (Å²) < 4.78 is 55.6. The molecule has 5 rings (SSSR count). The van der Waals surface area contributed by atoms with E-state index in [0.29, 0.717) is 44.4 Å². The molecule has 0 aliphatic carbocycles. The molecule has 1 aliphatic heterocycles. The van der Waals surface area contributed by atoms with Crippen LogP contribution in [0.4, 0.5) is 20.2 Å². The highest BCUT2D eigenvalue weighted by Crippen LogP contribution is 2.50. The van der Waals surface area contributed by atoms with Crippen LogP contribution in [0.3, 0.4) is 0 Å². The summed E-state index contributed by atoms with van der Waals surface area (Å²) in [4.78, 5) is 0.163. The van der Waals surface area contributed by atoms with Crippen molar-refractivity contribution in [1.29, 1.82) is 0 Å². The zero-order chi connectivity index (χ0) is 29.0. The van der Waals surface area contributed by atoms with Crippen molar-refractivity contribution < 1.29 is 22.3 Å². The van der Waals surface area contributed by atoms with Crippen LogP contribution in [0.25, 0.3) is 28.1 Å². The van der Waals surface area contributed by atoms with E-state index in [1.807, 2.05) is 6.07 Å². The Morgan fingerprint density at radius 2 is 1.75 bits per heavy atom. The predicted molar refractivity (Wildman–Crippen MR) is 153 cm³/mol. The maximum absolute atomic E-state index is 15.5. The van der Waals surface area contributed by atoms with Crippen LogP contribution in [0.2, 0.25) is 5.02 Å². The Morgan fingerprint density at radius 3 is 2.38 bits per heavy atom. The molecule has 1 aliphatic rings. The highest BCUT2D eigenvalue weighted by molar-refractivity contribution is 7.72. The van der Waals surface area contributed by atoms with Crippen molar-refractivity contribution in [3.63, 3.8) is 0 Å². The van der Waals surface area contributed by atoms with Crippen LogP contribution < -0.4 is 16.2 Å². The number of rotatable bonds is 6. The number of halogens is 3. The highest BCUT2D eigenvalue weighted by atomic mass is 35.5. The van der Waals surface area contributed by atoms with E-state index in [1.54, 1.807) is 66.7 Å². The number of hydrazine groups is 1. The average molecular weight is 586 g/mol. The van der Waals surface area contributed by atoms with E-state index in [1.165, 1.54) is 16.9 Å². The van der Waals surface area contributed by atoms with E-state index in [4.69, 9.17) is 17.3 Å². The van der Waals surface area contributed by atoms with E-state index >= 15 is 8.78 Å². The van der Waals surface area contributed by atoms with Crippen molar-refractivity contribution >= 4 is 39.4 Å². The van der Waals surface area contributed by atoms with Gasteiger partial charge in [-0.15, -0.1) is 0 Å². The zero-order valence-electron chi connectivity index (χ0n) is 21.7. The minimum atomic E-state index is -3.71. The Hall–Kier alpha value is -3.93. The number of nitrogens with zero attached hydrogens (tertiary/aromatic N) is 3. The minimum absolute atomic E-state index is 0.00791. The van der Waals surface area contributed by atoms with Crippen LogP contribution in [0.5, 0.6) is 0 Å². The summed E-state index contributed by atoms with van der Waals surface area (Å²) in [6.45, 7) is 2.05. The minimum Gasteiger partial charge on any atom is -0.403 e. The zero-order valence-corrected chi connectivity index (χ0v) is 23.3. The lowest BCUT2D eigenvalue weighted by Gasteiger charge is -2.36. The number of hydrogen-bond donors (Lipinski definition) is 4. The first-order valence-electron chi connectivity index (χ1n) is 12.1. The van der Waals surface area contributed by atoms with Gasteiger partial charge < -0.3 is 10.8 Å². The normalized spacial score (nSPS) is 13.7. The lowest BCUT2D eigenvalue weighted by Crippen LogP contribution is -2.42. The van der Waals surface area contributed by atoms with E-state index in [9.17, 15) is 13.5 Å². The number of nitrogens with two attached hydrogens (primary N) is 1. The Kier molecular flexibility index (Phi) is 6.85. The number of hydrogen-bond acceptors (Lipinski definition) is 7. The standard InChI is InChI=1S/C28H26ClF2N5O3S/c1-27(2,37)28(30,31)26-24-25(35(3)34-26)21-12-9-18(17-5-4-6-20(13-17)40(38)39)14-22(21)36(33-24)23(15-32)16-7-10-19(29)11-8-16/h4-15,33,37,40H,32H2,1-3H3/b23-15-. The van der Waals surface area contributed by atoms with Crippen LogP contribution in [-0.4, -0.2) is 28.9 Å². The number of nitrogens with one attached hydrogen (secondary N) is 1. The number of aliphatic hydroxyl groups is 1. The molecule has 3 aromatic carbocycles. The third kappa shape index (κ3) is 4.59. The molecule has 12 heteroatoms. The molecule has 0 amide bonds. The molecule has 0 fully saturated rings. The Balaban J connectivity index is 1.76. The molecule has 4 N–H and O–H groups in total. The molecule has 0 bridgehead atoms. The molecule has 4 aromatic rings. The van der Waals surface area contributed by atoms with Crippen molar-refractivity contribution in [1.82, 2.24) is 9.78 Å². The van der Waals surface area contributed by atoms with Crippen LogP contribution in [-0.2, 0) is 23.7 Å². The second-order valence-electron chi connectivity index (χ2n) is 9.87. The first kappa shape index (κ1) is 27.6. The summed E-state index contributed by atoms with van der Waals surface area (Å²) in [7, 11) is -1.24.